The van der Waals surface area contributed by atoms with E-state index in [2.05, 4.69) is 22.0 Å². The zero-order valence-electron chi connectivity index (χ0n) is 16.9. The molecule has 29 heavy (non-hydrogen) atoms. The molecule has 3 aromatic rings. The molecule has 3 heterocycles. The van der Waals surface area contributed by atoms with E-state index in [-0.39, 0.29) is 11.5 Å². The van der Waals surface area contributed by atoms with Crippen LogP contribution in [0.15, 0.2) is 41.2 Å². The number of aromatic nitrogens is 2. The number of hydrogen-bond acceptors (Lipinski definition) is 5. The van der Waals surface area contributed by atoms with E-state index in [1.807, 2.05) is 43.0 Å². The van der Waals surface area contributed by atoms with Crippen LogP contribution in [-0.2, 0) is 11.3 Å². The minimum atomic E-state index is 0.0129. The predicted molar refractivity (Wildman–Crippen MR) is 118 cm³/mol. The van der Waals surface area contributed by atoms with E-state index in [1.165, 1.54) is 17.2 Å². The van der Waals surface area contributed by atoms with Crippen LogP contribution < -0.4 is 10.5 Å². The summed E-state index contributed by atoms with van der Waals surface area (Å²) in [5.41, 5.74) is 3.12. The zero-order chi connectivity index (χ0) is 20.4. The average molecular weight is 411 g/mol. The number of pyridine rings is 1. The van der Waals surface area contributed by atoms with Gasteiger partial charge in [-0.05, 0) is 55.6 Å². The Balaban J connectivity index is 1.31. The number of hydrogen-bond donors (Lipinski definition) is 0. The Bertz CT molecular complexity index is 1070. The quantitative estimate of drug-likeness (QED) is 0.648. The molecule has 2 aromatic heterocycles. The lowest BCUT2D eigenvalue weighted by Crippen LogP contribution is -2.48. The Morgan fingerprint density at radius 2 is 1.83 bits per heavy atom. The number of aryl methyl sites for hydroxylation is 3. The smallest absolute Gasteiger partial charge is 0.270 e. The number of piperazine rings is 1. The first-order valence-electron chi connectivity index (χ1n) is 10.1. The molecular formula is C22H26N4O2S. The monoisotopic (exact) mass is 410 g/mol. The highest BCUT2D eigenvalue weighted by atomic mass is 32.1. The molecule has 1 saturated heterocycles. The van der Waals surface area contributed by atoms with Crippen LogP contribution in [0, 0.1) is 13.8 Å². The number of carbonyl (C=O) groups excluding carboxylic acids is 1. The number of benzene rings is 1. The van der Waals surface area contributed by atoms with Crippen molar-refractivity contribution in [3.8, 4) is 0 Å². The van der Waals surface area contributed by atoms with Gasteiger partial charge in [0.05, 0.1) is 5.39 Å². The van der Waals surface area contributed by atoms with Gasteiger partial charge in [0, 0.05) is 50.5 Å². The minimum Gasteiger partial charge on any atom is -0.368 e. The third-order valence-corrected chi connectivity index (χ3v) is 6.49. The van der Waals surface area contributed by atoms with Gasteiger partial charge in [-0.2, -0.15) is 0 Å². The van der Waals surface area contributed by atoms with Crippen molar-refractivity contribution in [2.75, 3.05) is 31.1 Å². The lowest BCUT2D eigenvalue weighted by molar-refractivity contribution is -0.131. The number of carbonyl (C=O) groups is 1. The van der Waals surface area contributed by atoms with Crippen molar-refractivity contribution in [2.45, 2.75) is 33.2 Å². The molecule has 0 N–H and O–H groups in total. The number of nitrogens with zero attached hydrogens (tertiary/aromatic N) is 4. The van der Waals surface area contributed by atoms with E-state index < -0.39 is 0 Å². The van der Waals surface area contributed by atoms with Gasteiger partial charge in [-0.25, -0.2) is 4.98 Å². The molecule has 0 bridgehead atoms. The molecular weight excluding hydrogens is 384 g/mol. The maximum Gasteiger partial charge on any atom is 0.270 e. The Labute approximate surface area is 174 Å². The molecule has 0 radical (unpaired) electrons. The molecule has 1 aliphatic heterocycles. The van der Waals surface area contributed by atoms with Crippen LogP contribution in [0.2, 0.25) is 0 Å². The second-order valence-corrected chi connectivity index (χ2v) is 8.58. The molecule has 6 nitrogen and oxygen atoms in total. The first-order valence-corrected chi connectivity index (χ1v) is 10.9. The summed E-state index contributed by atoms with van der Waals surface area (Å²) < 4.78 is 1.74. The average Bonchev–Trinajstić information content (AvgIpc) is 3.04. The Kier molecular flexibility index (Phi) is 5.67. The summed E-state index contributed by atoms with van der Waals surface area (Å²) in [6.45, 7) is 7.67. The maximum atomic E-state index is 12.6. The zero-order valence-corrected chi connectivity index (χ0v) is 17.7. The second kappa shape index (κ2) is 8.37. The summed E-state index contributed by atoms with van der Waals surface area (Å²) in [5, 5.41) is 0.712. The van der Waals surface area contributed by atoms with Crippen molar-refractivity contribution < 1.29 is 4.79 Å². The van der Waals surface area contributed by atoms with Crippen molar-refractivity contribution in [3.63, 3.8) is 0 Å². The number of amides is 1. The predicted octanol–water partition coefficient (Wildman–Crippen LogP) is 3.20. The summed E-state index contributed by atoms with van der Waals surface area (Å²) in [4.78, 5) is 34.8. The largest absolute Gasteiger partial charge is 0.368 e. The molecule has 0 spiro atoms. The van der Waals surface area contributed by atoms with Crippen molar-refractivity contribution in [2.24, 2.45) is 0 Å². The van der Waals surface area contributed by atoms with Crippen LogP contribution in [0.5, 0.6) is 0 Å². The van der Waals surface area contributed by atoms with Gasteiger partial charge in [-0.1, -0.05) is 18.2 Å². The molecule has 0 unspecified atom stereocenters. The van der Waals surface area contributed by atoms with Gasteiger partial charge in [0.1, 0.15) is 4.83 Å². The van der Waals surface area contributed by atoms with Crippen LogP contribution in [0.3, 0.4) is 0 Å². The summed E-state index contributed by atoms with van der Waals surface area (Å²) in [6, 6.07) is 12.3. The van der Waals surface area contributed by atoms with Gasteiger partial charge in [-0.15, -0.1) is 0 Å². The van der Waals surface area contributed by atoms with Crippen molar-refractivity contribution in [1.29, 1.82) is 0 Å². The number of fused-ring (bicyclic) bond motifs is 1. The standard InChI is InChI=1S/C22H26N4O2S/c1-16-15-17(2)23-21-20(16)22(28)26(29-21)10-6-9-19(27)25-13-11-24(12-14-25)18-7-4-3-5-8-18/h3-5,7-8,15H,6,9-14H2,1-2H3. The van der Waals surface area contributed by atoms with E-state index in [0.717, 1.165) is 42.3 Å². The number of anilines is 1. The Morgan fingerprint density at radius 3 is 2.55 bits per heavy atom. The van der Waals surface area contributed by atoms with E-state index in [9.17, 15) is 9.59 Å². The van der Waals surface area contributed by atoms with E-state index in [4.69, 9.17) is 0 Å². The summed E-state index contributed by atoms with van der Waals surface area (Å²) in [6.07, 6.45) is 1.14. The van der Waals surface area contributed by atoms with Gasteiger partial charge in [0.2, 0.25) is 5.91 Å². The summed E-state index contributed by atoms with van der Waals surface area (Å²) in [5.74, 6) is 0.178. The molecule has 0 aliphatic carbocycles. The molecule has 7 heteroatoms. The molecule has 4 rings (SSSR count). The first kappa shape index (κ1) is 19.6. The van der Waals surface area contributed by atoms with Gasteiger partial charge >= 0.3 is 0 Å². The molecule has 0 atom stereocenters. The number of rotatable bonds is 5. The fraction of sp³-hybridized carbons (Fsp3) is 0.409. The molecule has 1 aliphatic rings. The number of para-hydroxylation sites is 1. The molecule has 152 valence electrons. The maximum absolute atomic E-state index is 12.6. The van der Waals surface area contributed by atoms with Gasteiger partial charge < -0.3 is 9.80 Å². The van der Waals surface area contributed by atoms with Crippen LogP contribution in [0.4, 0.5) is 5.69 Å². The van der Waals surface area contributed by atoms with Gasteiger partial charge in [0.15, 0.2) is 0 Å². The fourth-order valence-electron chi connectivity index (χ4n) is 3.93. The van der Waals surface area contributed by atoms with E-state index in [0.29, 0.717) is 24.8 Å². The van der Waals surface area contributed by atoms with Crippen LogP contribution in [0.25, 0.3) is 10.2 Å². The van der Waals surface area contributed by atoms with E-state index in [1.54, 1.807) is 3.96 Å². The van der Waals surface area contributed by atoms with Crippen molar-refractivity contribution >= 4 is 33.3 Å². The molecule has 1 fully saturated rings. The fourth-order valence-corrected chi connectivity index (χ4v) is 5.06. The van der Waals surface area contributed by atoms with Crippen molar-refractivity contribution in [3.05, 3.63) is 58.0 Å². The topological polar surface area (TPSA) is 58.4 Å². The third-order valence-electron chi connectivity index (χ3n) is 5.45. The summed E-state index contributed by atoms with van der Waals surface area (Å²) in [7, 11) is 0. The van der Waals surface area contributed by atoms with Crippen LogP contribution >= 0.6 is 11.5 Å². The van der Waals surface area contributed by atoms with E-state index >= 15 is 0 Å². The van der Waals surface area contributed by atoms with Gasteiger partial charge in [0.25, 0.3) is 5.56 Å². The lowest BCUT2D eigenvalue weighted by Gasteiger charge is -2.36. The first-order chi connectivity index (χ1) is 14.0. The second-order valence-electron chi connectivity index (χ2n) is 7.57. The summed E-state index contributed by atoms with van der Waals surface area (Å²) >= 11 is 1.40. The van der Waals surface area contributed by atoms with Crippen LogP contribution in [-0.4, -0.2) is 45.9 Å². The Morgan fingerprint density at radius 1 is 1.10 bits per heavy atom. The van der Waals surface area contributed by atoms with Crippen LogP contribution in [0.1, 0.15) is 24.1 Å². The Hall–Kier alpha value is -2.67. The highest BCUT2D eigenvalue weighted by Crippen LogP contribution is 2.20. The lowest BCUT2D eigenvalue weighted by atomic mass is 10.2. The highest BCUT2D eigenvalue weighted by molar-refractivity contribution is 7.13. The van der Waals surface area contributed by atoms with Crippen molar-refractivity contribution in [1.82, 2.24) is 13.8 Å². The normalized spacial score (nSPS) is 14.6. The molecule has 0 saturated carbocycles. The molecule has 1 amide bonds. The highest BCUT2D eigenvalue weighted by Gasteiger charge is 2.21. The molecule has 1 aromatic carbocycles. The third kappa shape index (κ3) is 4.19. The minimum absolute atomic E-state index is 0.0129. The van der Waals surface area contributed by atoms with Gasteiger partial charge in [-0.3, -0.25) is 13.5 Å². The SMILES string of the molecule is Cc1cc(C)c2c(=O)n(CCCC(=O)N3CCN(c4ccccc4)CC3)sc2n1.